The molecule has 0 amide bonds. The minimum absolute atomic E-state index is 0.194. The average molecular weight is 312 g/mol. The number of nitrogens with one attached hydrogen (secondary N) is 2. The summed E-state index contributed by atoms with van der Waals surface area (Å²) in [7, 11) is -0.776. The van der Waals surface area contributed by atoms with Gasteiger partial charge in [0.2, 0.25) is 0 Å². The van der Waals surface area contributed by atoms with E-state index in [0.29, 0.717) is 5.92 Å². The van der Waals surface area contributed by atoms with E-state index in [1.54, 1.807) is 12.6 Å². The van der Waals surface area contributed by atoms with Crippen LogP contribution in [0.5, 0.6) is 0 Å². The second-order valence-electron chi connectivity index (χ2n) is 5.59. The van der Waals surface area contributed by atoms with Crippen LogP contribution in [0.15, 0.2) is 6.33 Å². The van der Waals surface area contributed by atoms with Gasteiger partial charge in [-0.1, -0.05) is 27.7 Å². The average Bonchev–Trinajstić information content (AvgIpc) is 2.44. The lowest BCUT2D eigenvalue weighted by Gasteiger charge is -2.18. The maximum absolute atomic E-state index is 11.4. The van der Waals surface area contributed by atoms with Crippen LogP contribution >= 0.6 is 0 Å². The fraction of sp³-hybridized carbons (Fsp3) is 0.733. The highest BCUT2D eigenvalue weighted by atomic mass is 32.2. The van der Waals surface area contributed by atoms with Gasteiger partial charge in [-0.3, -0.25) is 4.21 Å². The molecule has 1 aromatic heterocycles. The van der Waals surface area contributed by atoms with Crippen LogP contribution in [-0.2, 0) is 10.8 Å². The maximum atomic E-state index is 11.4. The second kappa shape index (κ2) is 8.97. The third kappa shape index (κ3) is 5.61. The van der Waals surface area contributed by atoms with Crippen LogP contribution < -0.4 is 10.6 Å². The largest absolute Gasteiger partial charge is 0.370 e. The third-order valence-corrected chi connectivity index (χ3v) is 4.78. The zero-order valence-electron chi connectivity index (χ0n) is 13.8. The Kier molecular flexibility index (Phi) is 7.64. The third-order valence-electron chi connectivity index (χ3n) is 3.41. The zero-order chi connectivity index (χ0) is 15.8. The first-order valence-electron chi connectivity index (χ1n) is 7.62. The van der Waals surface area contributed by atoms with E-state index in [1.165, 1.54) is 0 Å². The lowest BCUT2D eigenvalue weighted by atomic mass is 10.0. The van der Waals surface area contributed by atoms with Gasteiger partial charge >= 0.3 is 0 Å². The van der Waals surface area contributed by atoms with Crippen LogP contribution in [0.4, 0.5) is 11.6 Å². The lowest BCUT2D eigenvalue weighted by Crippen LogP contribution is -2.17. The lowest BCUT2D eigenvalue weighted by molar-refractivity contribution is 0.672. The van der Waals surface area contributed by atoms with Gasteiger partial charge in [0, 0.05) is 41.0 Å². The molecule has 0 aliphatic rings. The van der Waals surface area contributed by atoms with Gasteiger partial charge < -0.3 is 10.6 Å². The molecule has 2 atom stereocenters. The molecule has 21 heavy (non-hydrogen) atoms. The minimum Gasteiger partial charge on any atom is -0.370 e. The summed E-state index contributed by atoms with van der Waals surface area (Å²) >= 11 is 0. The number of rotatable bonds is 9. The smallest absolute Gasteiger partial charge is 0.134 e. The van der Waals surface area contributed by atoms with Crippen LogP contribution in [0.1, 0.15) is 52.0 Å². The van der Waals surface area contributed by atoms with E-state index in [0.717, 1.165) is 43.1 Å². The first-order chi connectivity index (χ1) is 9.97. The molecule has 2 unspecified atom stereocenters. The van der Waals surface area contributed by atoms with E-state index < -0.39 is 10.8 Å². The Morgan fingerprint density at radius 1 is 1.14 bits per heavy atom. The normalized spacial score (nSPS) is 14.0. The van der Waals surface area contributed by atoms with Crippen molar-refractivity contribution in [1.82, 2.24) is 9.97 Å². The molecule has 0 aromatic carbocycles. The molecule has 1 aromatic rings. The van der Waals surface area contributed by atoms with Crippen molar-refractivity contribution in [2.75, 3.05) is 30.0 Å². The van der Waals surface area contributed by atoms with Crippen molar-refractivity contribution in [2.24, 2.45) is 0 Å². The Balaban J connectivity index is 2.78. The molecule has 1 heterocycles. The molecule has 0 aliphatic heterocycles. The minimum atomic E-state index is -0.776. The maximum Gasteiger partial charge on any atom is 0.134 e. The number of hydrogen-bond donors (Lipinski definition) is 2. The topological polar surface area (TPSA) is 66.9 Å². The molecule has 0 saturated carbocycles. The summed E-state index contributed by atoms with van der Waals surface area (Å²) in [4.78, 5) is 8.73. The predicted molar refractivity (Wildman–Crippen MR) is 91.5 cm³/mol. The van der Waals surface area contributed by atoms with Gasteiger partial charge in [0.05, 0.1) is 0 Å². The Labute approximate surface area is 130 Å². The second-order valence-corrected chi connectivity index (χ2v) is 7.39. The van der Waals surface area contributed by atoms with E-state index in [1.807, 2.05) is 6.92 Å². The molecule has 1 rings (SSSR count). The Hall–Kier alpha value is -1.17. The SMILES string of the molecule is CCCNc1ncnc(NCCC(C)S(C)=O)c1C(C)C. The van der Waals surface area contributed by atoms with Gasteiger partial charge in [0.15, 0.2) is 0 Å². The van der Waals surface area contributed by atoms with Gasteiger partial charge in [-0.05, 0) is 18.8 Å². The Bertz CT molecular complexity index is 465. The number of anilines is 2. The number of aromatic nitrogens is 2. The first kappa shape index (κ1) is 17.9. The first-order valence-corrected chi connectivity index (χ1v) is 9.24. The molecule has 120 valence electrons. The molecular formula is C15H28N4OS. The van der Waals surface area contributed by atoms with Crippen LogP contribution in [0, 0.1) is 0 Å². The number of hydrogen-bond acceptors (Lipinski definition) is 5. The standard InChI is InChI=1S/C15H28N4OS/c1-6-8-16-14-13(11(2)3)15(19-10-18-14)17-9-7-12(4)21(5)20/h10-12H,6-9H2,1-5H3,(H2,16,17,18,19). The van der Waals surface area contributed by atoms with Crippen molar-refractivity contribution >= 4 is 22.4 Å². The van der Waals surface area contributed by atoms with Crippen molar-refractivity contribution in [3.05, 3.63) is 11.9 Å². The molecular weight excluding hydrogens is 284 g/mol. The Morgan fingerprint density at radius 3 is 2.19 bits per heavy atom. The highest BCUT2D eigenvalue weighted by Crippen LogP contribution is 2.28. The molecule has 2 N–H and O–H groups in total. The van der Waals surface area contributed by atoms with Crippen molar-refractivity contribution in [3.8, 4) is 0 Å². The highest BCUT2D eigenvalue weighted by molar-refractivity contribution is 7.84. The Morgan fingerprint density at radius 2 is 1.71 bits per heavy atom. The van der Waals surface area contributed by atoms with E-state index >= 15 is 0 Å². The molecule has 0 saturated heterocycles. The van der Waals surface area contributed by atoms with Gasteiger partial charge in [0.1, 0.15) is 18.0 Å². The fourth-order valence-electron chi connectivity index (χ4n) is 2.03. The van der Waals surface area contributed by atoms with Crippen LogP contribution in [0.25, 0.3) is 0 Å². The van der Waals surface area contributed by atoms with Gasteiger partial charge in [-0.15, -0.1) is 0 Å². The molecule has 0 spiro atoms. The van der Waals surface area contributed by atoms with E-state index in [2.05, 4.69) is 41.4 Å². The summed E-state index contributed by atoms with van der Waals surface area (Å²) in [5, 5.41) is 6.93. The fourth-order valence-corrected chi connectivity index (χ4v) is 2.48. The molecule has 0 fully saturated rings. The van der Waals surface area contributed by atoms with Crippen LogP contribution in [0.2, 0.25) is 0 Å². The number of nitrogens with zero attached hydrogens (tertiary/aromatic N) is 2. The van der Waals surface area contributed by atoms with Gasteiger partial charge in [-0.25, -0.2) is 9.97 Å². The summed E-state index contributed by atoms with van der Waals surface area (Å²) in [6, 6.07) is 0. The zero-order valence-corrected chi connectivity index (χ0v) is 14.6. The van der Waals surface area contributed by atoms with Gasteiger partial charge in [0.25, 0.3) is 0 Å². The molecule has 6 heteroatoms. The van der Waals surface area contributed by atoms with Crippen molar-refractivity contribution < 1.29 is 4.21 Å². The molecule has 5 nitrogen and oxygen atoms in total. The predicted octanol–water partition coefficient (Wildman–Crippen LogP) is 2.99. The summed E-state index contributed by atoms with van der Waals surface area (Å²) in [6.07, 6.45) is 5.27. The van der Waals surface area contributed by atoms with E-state index in [4.69, 9.17) is 0 Å². The van der Waals surface area contributed by atoms with Crippen LogP contribution in [-0.4, -0.2) is 38.8 Å². The molecule has 0 bridgehead atoms. The quantitative estimate of drug-likeness (QED) is 0.734. The summed E-state index contributed by atoms with van der Waals surface area (Å²) < 4.78 is 11.4. The van der Waals surface area contributed by atoms with Crippen LogP contribution in [0.3, 0.4) is 0 Å². The highest BCUT2D eigenvalue weighted by Gasteiger charge is 2.15. The molecule has 0 aliphatic carbocycles. The monoisotopic (exact) mass is 312 g/mol. The molecule has 0 radical (unpaired) electrons. The van der Waals surface area contributed by atoms with Crippen molar-refractivity contribution in [1.29, 1.82) is 0 Å². The summed E-state index contributed by atoms with van der Waals surface area (Å²) in [5.74, 6) is 2.13. The summed E-state index contributed by atoms with van der Waals surface area (Å²) in [5.41, 5.74) is 1.12. The van der Waals surface area contributed by atoms with Crippen molar-refractivity contribution in [2.45, 2.75) is 51.7 Å². The van der Waals surface area contributed by atoms with E-state index in [9.17, 15) is 4.21 Å². The van der Waals surface area contributed by atoms with E-state index in [-0.39, 0.29) is 5.25 Å². The van der Waals surface area contributed by atoms with Crippen molar-refractivity contribution in [3.63, 3.8) is 0 Å². The van der Waals surface area contributed by atoms with Gasteiger partial charge in [-0.2, -0.15) is 0 Å². The summed E-state index contributed by atoms with van der Waals surface area (Å²) in [6.45, 7) is 10.1.